The molecule has 0 amide bonds. The van der Waals surface area contributed by atoms with E-state index < -0.39 is 0 Å². The molecule has 1 heterocycles. The van der Waals surface area contributed by atoms with Crippen LogP contribution < -0.4 is 14.8 Å². The van der Waals surface area contributed by atoms with Gasteiger partial charge in [-0.25, -0.2) is 0 Å². The fourth-order valence-corrected chi connectivity index (χ4v) is 2.75. The number of nitrogens with zero attached hydrogens (tertiary/aromatic N) is 1. The number of hydrogen-bond acceptors (Lipinski definition) is 4. The van der Waals surface area contributed by atoms with Crippen molar-refractivity contribution in [1.29, 1.82) is 0 Å². The summed E-state index contributed by atoms with van der Waals surface area (Å²) in [6.07, 6.45) is 3.65. The molecule has 0 spiro atoms. The predicted molar refractivity (Wildman–Crippen MR) is 82.9 cm³/mol. The molecule has 2 rings (SSSR count). The minimum atomic E-state index is 0.522. The zero-order valence-corrected chi connectivity index (χ0v) is 12.8. The maximum absolute atomic E-state index is 5.45. The molecule has 112 valence electrons. The lowest BCUT2D eigenvalue weighted by molar-refractivity contribution is 0.300. The number of rotatable bonds is 5. The number of benzene rings is 1. The first kappa shape index (κ1) is 15.0. The van der Waals surface area contributed by atoms with Gasteiger partial charge in [0.1, 0.15) is 11.5 Å². The van der Waals surface area contributed by atoms with Gasteiger partial charge >= 0.3 is 0 Å². The largest absolute Gasteiger partial charge is 0.497 e. The lowest BCUT2D eigenvalue weighted by Crippen LogP contribution is -2.26. The van der Waals surface area contributed by atoms with Crippen molar-refractivity contribution in [2.45, 2.75) is 32.2 Å². The van der Waals surface area contributed by atoms with Crippen LogP contribution in [0.4, 0.5) is 5.69 Å². The lowest BCUT2D eigenvalue weighted by atomic mass is 10.1. The van der Waals surface area contributed by atoms with Crippen molar-refractivity contribution < 1.29 is 9.47 Å². The van der Waals surface area contributed by atoms with Gasteiger partial charge in [0.05, 0.1) is 19.9 Å². The molecule has 1 unspecified atom stereocenters. The maximum atomic E-state index is 5.45. The Morgan fingerprint density at radius 1 is 1.20 bits per heavy atom. The van der Waals surface area contributed by atoms with Crippen molar-refractivity contribution in [3.63, 3.8) is 0 Å². The summed E-state index contributed by atoms with van der Waals surface area (Å²) in [7, 11) is 3.37. The fraction of sp³-hybridized carbons (Fsp3) is 0.625. The van der Waals surface area contributed by atoms with Crippen LogP contribution in [-0.2, 0) is 0 Å². The second kappa shape index (κ2) is 7.39. The summed E-state index contributed by atoms with van der Waals surface area (Å²) >= 11 is 0. The molecule has 0 aromatic heterocycles. The van der Waals surface area contributed by atoms with E-state index in [1.54, 1.807) is 14.2 Å². The zero-order chi connectivity index (χ0) is 14.4. The number of ether oxygens (including phenoxy) is 2. The summed E-state index contributed by atoms with van der Waals surface area (Å²) < 4.78 is 10.7. The van der Waals surface area contributed by atoms with E-state index in [-0.39, 0.29) is 0 Å². The van der Waals surface area contributed by atoms with Crippen molar-refractivity contribution in [2.75, 3.05) is 39.2 Å². The van der Waals surface area contributed by atoms with Gasteiger partial charge in [0.25, 0.3) is 0 Å². The number of hydrogen-bond donors (Lipinski definition) is 1. The summed E-state index contributed by atoms with van der Waals surface area (Å²) in [4.78, 5) is 2.52. The summed E-state index contributed by atoms with van der Waals surface area (Å²) in [5.74, 6) is 1.67. The molecule has 1 aliphatic rings. The van der Waals surface area contributed by atoms with Crippen molar-refractivity contribution in [2.24, 2.45) is 0 Å². The Hall–Kier alpha value is -1.42. The number of nitrogens with one attached hydrogen (secondary N) is 1. The summed E-state index contributed by atoms with van der Waals surface area (Å²) in [6.45, 7) is 5.78. The topological polar surface area (TPSA) is 33.7 Å². The molecule has 1 aromatic rings. The van der Waals surface area contributed by atoms with E-state index in [0.717, 1.165) is 23.7 Å². The molecular formula is C16H26N2O2. The highest BCUT2D eigenvalue weighted by Gasteiger charge is 2.17. The molecule has 0 bridgehead atoms. The van der Waals surface area contributed by atoms with Gasteiger partial charge in [0.15, 0.2) is 0 Å². The van der Waals surface area contributed by atoms with E-state index in [1.807, 2.05) is 18.2 Å². The van der Waals surface area contributed by atoms with Gasteiger partial charge < -0.3 is 19.7 Å². The quantitative estimate of drug-likeness (QED) is 0.898. The minimum Gasteiger partial charge on any atom is -0.497 e. The number of methoxy groups -OCH3 is 2. The Labute approximate surface area is 122 Å². The van der Waals surface area contributed by atoms with Gasteiger partial charge in [0.2, 0.25) is 0 Å². The molecule has 4 heteroatoms. The monoisotopic (exact) mass is 278 g/mol. The lowest BCUT2D eigenvalue weighted by Gasteiger charge is -2.20. The van der Waals surface area contributed by atoms with E-state index in [2.05, 4.69) is 17.1 Å². The number of likely N-dealkylation sites (tertiary alicyclic amines) is 1. The molecule has 1 fully saturated rings. The Balaban J connectivity index is 2.02. The molecule has 1 aromatic carbocycles. The highest BCUT2D eigenvalue weighted by atomic mass is 16.5. The third-order valence-electron chi connectivity index (χ3n) is 4.04. The molecule has 0 radical (unpaired) electrons. The van der Waals surface area contributed by atoms with Gasteiger partial charge in [0, 0.05) is 18.7 Å². The standard InChI is InChI=1S/C16H26N2O2/c1-4-18-10-5-6-13(9-11-18)17-15-8-7-14(19-2)12-16(15)20-3/h7-8,12-13,17H,4-6,9-11H2,1-3H3. The molecule has 1 atom stereocenters. The first-order chi connectivity index (χ1) is 9.76. The molecule has 20 heavy (non-hydrogen) atoms. The van der Waals surface area contributed by atoms with Crippen LogP contribution in [0.1, 0.15) is 26.2 Å². The Morgan fingerprint density at radius 3 is 2.75 bits per heavy atom. The molecule has 0 saturated carbocycles. The fourth-order valence-electron chi connectivity index (χ4n) is 2.75. The van der Waals surface area contributed by atoms with E-state index in [1.165, 1.54) is 32.4 Å². The average molecular weight is 278 g/mol. The highest BCUT2D eigenvalue weighted by Crippen LogP contribution is 2.30. The van der Waals surface area contributed by atoms with Crippen molar-refractivity contribution in [1.82, 2.24) is 4.90 Å². The van der Waals surface area contributed by atoms with E-state index in [0.29, 0.717) is 6.04 Å². The van der Waals surface area contributed by atoms with E-state index in [4.69, 9.17) is 9.47 Å². The molecule has 4 nitrogen and oxygen atoms in total. The van der Waals surface area contributed by atoms with Crippen LogP contribution in [0.2, 0.25) is 0 Å². The van der Waals surface area contributed by atoms with Crippen molar-refractivity contribution >= 4 is 5.69 Å². The van der Waals surface area contributed by atoms with Crippen LogP contribution in [0.3, 0.4) is 0 Å². The van der Waals surface area contributed by atoms with Gasteiger partial charge in [-0.3, -0.25) is 0 Å². The predicted octanol–water partition coefficient (Wildman–Crippen LogP) is 2.99. The van der Waals surface area contributed by atoms with Gasteiger partial charge in [-0.2, -0.15) is 0 Å². The van der Waals surface area contributed by atoms with Gasteiger partial charge in [-0.1, -0.05) is 6.92 Å². The number of anilines is 1. The van der Waals surface area contributed by atoms with Crippen molar-refractivity contribution in [3.8, 4) is 11.5 Å². The third kappa shape index (κ3) is 3.79. The second-order valence-electron chi connectivity index (χ2n) is 5.27. The smallest absolute Gasteiger partial charge is 0.145 e. The molecule has 1 N–H and O–H groups in total. The summed E-state index contributed by atoms with van der Waals surface area (Å²) in [5, 5.41) is 3.63. The van der Waals surface area contributed by atoms with E-state index >= 15 is 0 Å². The molecule has 1 saturated heterocycles. The normalized spacial score (nSPS) is 20.2. The van der Waals surface area contributed by atoms with Crippen molar-refractivity contribution in [3.05, 3.63) is 18.2 Å². The van der Waals surface area contributed by atoms with Gasteiger partial charge in [-0.15, -0.1) is 0 Å². The Bertz CT molecular complexity index is 423. The second-order valence-corrected chi connectivity index (χ2v) is 5.27. The zero-order valence-electron chi connectivity index (χ0n) is 12.8. The van der Waals surface area contributed by atoms with Crippen LogP contribution in [-0.4, -0.2) is 44.8 Å². The summed E-state index contributed by atoms with van der Waals surface area (Å²) in [6, 6.07) is 6.46. The third-order valence-corrected chi connectivity index (χ3v) is 4.04. The molecule has 0 aliphatic carbocycles. The Morgan fingerprint density at radius 2 is 2.05 bits per heavy atom. The SMILES string of the molecule is CCN1CCCC(Nc2ccc(OC)cc2OC)CC1. The first-order valence-electron chi connectivity index (χ1n) is 7.47. The summed E-state index contributed by atoms with van der Waals surface area (Å²) in [5.41, 5.74) is 1.06. The average Bonchev–Trinajstić information content (AvgIpc) is 2.72. The van der Waals surface area contributed by atoms with Crippen LogP contribution in [0, 0.1) is 0 Å². The van der Waals surface area contributed by atoms with Gasteiger partial charge in [-0.05, 0) is 44.5 Å². The minimum absolute atomic E-state index is 0.522. The van der Waals surface area contributed by atoms with Crippen LogP contribution in [0.15, 0.2) is 18.2 Å². The van der Waals surface area contributed by atoms with Crippen LogP contribution in [0.5, 0.6) is 11.5 Å². The van der Waals surface area contributed by atoms with Crippen LogP contribution in [0.25, 0.3) is 0 Å². The first-order valence-corrected chi connectivity index (χ1v) is 7.47. The van der Waals surface area contributed by atoms with Crippen LogP contribution >= 0.6 is 0 Å². The van der Waals surface area contributed by atoms with E-state index in [9.17, 15) is 0 Å². The molecule has 1 aliphatic heterocycles. The maximum Gasteiger partial charge on any atom is 0.145 e. The highest BCUT2D eigenvalue weighted by molar-refractivity contribution is 5.59. The molecular weight excluding hydrogens is 252 g/mol. The Kier molecular flexibility index (Phi) is 5.53.